The predicted octanol–water partition coefficient (Wildman–Crippen LogP) is 2.08. The predicted molar refractivity (Wildman–Crippen MR) is 54.3 cm³/mol. The minimum absolute atomic E-state index is 0.316. The molecule has 0 bridgehead atoms. The Hall–Kier alpha value is -1.84. The largest absolute Gasteiger partial charge is 0.497 e. The molecule has 1 heterocycles. The zero-order valence-corrected chi connectivity index (χ0v) is 8.35. The Morgan fingerprint density at radius 1 is 1.33 bits per heavy atom. The summed E-state index contributed by atoms with van der Waals surface area (Å²) in [6.07, 6.45) is 2.56. The van der Waals surface area contributed by atoms with Crippen LogP contribution < -0.4 is 4.74 Å². The van der Waals surface area contributed by atoms with Gasteiger partial charge in [0.05, 0.1) is 26.0 Å². The lowest BCUT2D eigenvalue weighted by Gasteiger charge is -2.03. The molecular weight excluding hydrogens is 195 g/mol. The summed E-state index contributed by atoms with van der Waals surface area (Å²) in [7, 11) is 1.62. The zero-order chi connectivity index (χ0) is 10.7. The van der Waals surface area contributed by atoms with Crippen molar-refractivity contribution in [3.63, 3.8) is 0 Å². The molecule has 0 saturated carbocycles. The van der Waals surface area contributed by atoms with Crippen LogP contribution in [0.25, 0.3) is 0 Å². The molecule has 0 N–H and O–H groups in total. The van der Waals surface area contributed by atoms with Gasteiger partial charge in [-0.3, -0.25) is 4.68 Å². The summed E-state index contributed by atoms with van der Waals surface area (Å²) in [5.74, 6) is 0.494. The van der Waals surface area contributed by atoms with Gasteiger partial charge in [0.15, 0.2) is 5.82 Å². The lowest BCUT2D eigenvalue weighted by Crippen LogP contribution is -1.99. The Morgan fingerprint density at radius 2 is 2.07 bits per heavy atom. The van der Waals surface area contributed by atoms with Crippen LogP contribution in [0.1, 0.15) is 5.56 Å². The number of methoxy groups -OCH3 is 1. The van der Waals surface area contributed by atoms with Crippen LogP contribution in [0.3, 0.4) is 0 Å². The van der Waals surface area contributed by atoms with Gasteiger partial charge in [-0.15, -0.1) is 0 Å². The van der Waals surface area contributed by atoms with E-state index in [-0.39, 0.29) is 5.82 Å². The van der Waals surface area contributed by atoms with Crippen molar-refractivity contribution >= 4 is 0 Å². The lowest BCUT2D eigenvalue weighted by molar-refractivity contribution is 0.414. The molecular formula is C11H11FN2O. The van der Waals surface area contributed by atoms with Crippen molar-refractivity contribution in [3.8, 4) is 5.75 Å². The molecule has 78 valence electrons. The fourth-order valence-electron chi connectivity index (χ4n) is 1.34. The van der Waals surface area contributed by atoms with E-state index in [0.717, 1.165) is 11.3 Å². The van der Waals surface area contributed by atoms with Gasteiger partial charge in [0.2, 0.25) is 0 Å². The molecule has 4 heteroatoms. The molecule has 0 aliphatic heterocycles. The summed E-state index contributed by atoms with van der Waals surface area (Å²) in [6, 6.07) is 7.60. The highest BCUT2D eigenvalue weighted by Gasteiger charge is 1.98. The maximum Gasteiger partial charge on any atom is 0.161 e. The van der Waals surface area contributed by atoms with Gasteiger partial charge in [-0.1, -0.05) is 12.1 Å². The second kappa shape index (κ2) is 4.13. The highest BCUT2D eigenvalue weighted by molar-refractivity contribution is 5.27. The third-order valence-corrected chi connectivity index (χ3v) is 2.11. The summed E-state index contributed by atoms with van der Waals surface area (Å²) in [4.78, 5) is 0. The summed E-state index contributed by atoms with van der Waals surface area (Å²) in [5.41, 5.74) is 1.05. The maximum absolute atomic E-state index is 12.6. The summed E-state index contributed by atoms with van der Waals surface area (Å²) in [6.45, 7) is 0.563. The Morgan fingerprint density at radius 3 is 2.60 bits per heavy atom. The normalized spacial score (nSPS) is 10.3. The number of benzene rings is 1. The van der Waals surface area contributed by atoms with Crippen LogP contribution in [0.5, 0.6) is 5.75 Å². The second-order valence-electron chi connectivity index (χ2n) is 3.20. The standard InChI is InChI=1S/C11H11FN2O/c1-15-11-4-2-9(3-5-11)7-14-8-10(12)6-13-14/h2-6,8H,7H2,1H3. The molecule has 0 atom stereocenters. The average Bonchev–Trinajstić information content (AvgIpc) is 2.65. The van der Waals surface area contributed by atoms with Crippen molar-refractivity contribution in [3.05, 3.63) is 48.0 Å². The zero-order valence-electron chi connectivity index (χ0n) is 8.35. The first-order valence-corrected chi connectivity index (χ1v) is 4.59. The minimum atomic E-state index is -0.316. The van der Waals surface area contributed by atoms with Crippen molar-refractivity contribution in [2.45, 2.75) is 6.54 Å². The van der Waals surface area contributed by atoms with Crippen molar-refractivity contribution in [1.82, 2.24) is 9.78 Å². The van der Waals surface area contributed by atoms with Gasteiger partial charge in [0, 0.05) is 0 Å². The van der Waals surface area contributed by atoms with Gasteiger partial charge in [0.25, 0.3) is 0 Å². The molecule has 0 unspecified atom stereocenters. The summed E-state index contributed by atoms with van der Waals surface area (Å²) >= 11 is 0. The molecule has 2 rings (SSSR count). The molecule has 0 aliphatic rings. The fourth-order valence-corrected chi connectivity index (χ4v) is 1.34. The number of rotatable bonds is 3. The Kier molecular flexibility index (Phi) is 2.67. The highest BCUT2D eigenvalue weighted by Crippen LogP contribution is 2.12. The molecule has 0 spiro atoms. The van der Waals surface area contributed by atoms with E-state index in [0.29, 0.717) is 6.54 Å². The van der Waals surface area contributed by atoms with E-state index in [1.54, 1.807) is 11.8 Å². The number of nitrogens with zero attached hydrogens (tertiary/aromatic N) is 2. The van der Waals surface area contributed by atoms with E-state index in [9.17, 15) is 4.39 Å². The van der Waals surface area contributed by atoms with Crippen molar-refractivity contribution in [2.75, 3.05) is 7.11 Å². The molecule has 3 nitrogen and oxygen atoms in total. The van der Waals surface area contributed by atoms with Gasteiger partial charge < -0.3 is 4.74 Å². The van der Waals surface area contributed by atoms with Crippen LogP contribution in [0.4, 0.5) is 4.39 Å². The first kappa shape index (κ1) is 9.71. The smallest absolute Gasteiger partial charge is 0.161 e. The van der Waals surface area contributed by atoms with Crippen LogP contribution in [-0.4, -0.2) is 16.9 Å². The Balaban J connectivity index is 2.11. The number of hydrogen-bond acceptors (Lipinski definition) is 2. The van der Waals surface area contributed by atoms with Crippen LogP contribution in [0.15, 0.2) is 36.7 Å². The van der Waals surface area contributed by atoms with E-state index in [2.05, 4.69) is 5.10 Å². The average molecular weight is 206 g/mol. The minimum Gasteiger partial charge on any atom is -0.497 e. The number of halogens is 1. The quantitative estimate of drug-likeness (QED) is 0.768. The maximum atomic E-state index is 12.6. The fraction of sp³-hybridized carbons (Fsp3) is 0.182. The molecule has 1 aromatic carbocycles. The van der Waals surface area contributed by atoms with Gasteiger partial charge >= 0.3 is 0 Å². The van der Waals surface area contributed by atoms with Gasteiger partial charge in [-0.2, -0.15) is 5.10 Å². The molecule has 1 aromatic heterocycles. The van der Waals surface area contributed by atoms with Gasteiger partial charge in [-0.25, -0.2) is 4.39 Å². The first-order chi connectivity index (χ1) is 7.28. The molecule has 0 amide bonds. The van der Waals surface area contributed by atoms with E-state index in [1.807, 2.05) is 24.3 Å². The molecule has 15 heavy (non-hydrogen) atoms. The van der Waals surface area contributed by atoms with Crippen LogP contribution in [0, 0.1) is 5.82 Å². The SMILES string of the molecule is COc1ccc(Cn2cc(F)cn2)cc1. The summed E-state index contributed by atoms with van der Waals surface area (Å²) < 4.78 is 19.2. The van der Waals surface area contributed by atoms with Crippen LogP contribution in [-0.2, 0) is 6.54 Å². The molecule has 0 saturated heterocycles. The van der Waals surface area contributed by atoms with Crippen LogP contribution in [0.2, 0.25) is 0 Å². The second-order valence-corrected chi connectivity index (χ2v) is 3.20. The van der Waals surface area contributed by atoms with E-state index in [4.69, 9.17) is 4.74 Å². The van der Waals surface area contributed by atoms with Gasteiger partial charge in [0.1, 0.15) is 5.75 Å². The number of aromatic nitrogens is 2. The number of hydrogen-bond donors (Lipinski definition) is 0. The Bertz CT molecular complexity index is 436. The summed E-state index contributed by atoms with van der Waals surface area (Å²) in [5, 5.41) is 3.86. The third kappa shape index (κ3) is 2.34. The van der Waals surface area contributed by atoms with E-state index < -0.39 is 0 Å². The van der Waals surface area contributed by atoms with Crippen molar-refractivity contribution in [1.29, 1.82) is 0 Å². The van der Waals surface area contributed by atoms with Crippen LogP contribution >= 0.6 is 0 Å². The lowest BCUT2D eigenvalue weighted by atomic mass is 10.2. The van der Waals surface area contributed by atoms with Crippen molar-refractivity contribution in [2.24, 2.45) is 0 Å². The molecule has 0 radical (unpaired) electrons. The first-order valence-electron chi connectivity index (χ1n) is 4.59. The Labute approximate surface area is 87.1 Å². The molecule has 2 aromatic rings. The third-order valence-electron chi connectivity index (χ3n) is 2.11. The van der Waals surface area contributed by atoms with Gasteiger partial charge in [-0.05, 0) is 17.7 Å². The molecule has 0 fully saturated rings. The topological polar surface area (TPSA) is 27.1 Å². The van der Waals surface area contributed by atoms with Crippen molar-refractivity contribution < 1.29 is 9.13 Å². The highest BCUT2D eigenvalue weighted by atomic mass is 19.1. The van der Waals surface area contributed by atoms with E-state index >= 15 is 0 Å². The number of ether oxygens (including phenoxy) is 1. The monoisotopic (exact) mass is 206 g/mol. The van der Waals surface area contributed by atoms with E-state index in [1.165, 1.54) is 12.4 Å². The molecule has 0 aliphatic carbocycles.